The minimum atomic E-state index is -0.516. The fourth-order valence-electron chi connectivity index (χ4n) is 3.83. The number of rotatable bonds is 6. The lowest BCUT2D eigenvalue weighted by molar-refractivity contribution is -0.113. The maximum atomic E-state index is 12.8. The summed E-state index contributed by atoms with van der Waals surface area (Å²) < 4.78 is 6.69. The van der Waals surface area contributed by atoms with Gasteiger partial charge < -0.3 is 10.1 Å². The Labute approximate surface area is 205 Å². The number of nitrogens with zero attached hydrogens (tertiary/aromatic N) is 4. The standard InChI is InChI=1S/C26H21N5O3S/c1-16-8-7-9-17(14-16)23-28-20-12-5-3-10-18(20)24-29-30-26(31(23)24)35-15-22(32)27-21-13-6-4-11-19(21)25(33)34-2/h3-14H,15H2,1-2H3,(H,27,32). The zero-order valence-electron chi connectivity index (χ0n) is 19.1. The van der Waals surface area contributed by atoms with E-state index in [0.29, 0.717) is 27.9 Å². The molecule has 0 fully saturated rings. The summed E-state index contributed by atoms with van der Waals surface area (Å²) in [6, 6.07) is 22.6. The fourth-order valence-corrected chi connectivity index (χ4v) is 4.56. The normalized spacial score (nSPS) is 11.0. The van der Waals surface area contributed by atoms with E-state index in [2.05, 4.69) is 21.6 Å². The van der Waals surface area contributed by atoms with E-state index >= 15 is 0 Å². The number of para-hydroxylation sites is 2. The van der Waals surface area contributed by atoms with Crippen molar-refractivity contribution in [2.24, 2.45) is 0 Å². The minimum Gasteiger partial charge on any atom is -0.465 e. The van der Waals surface area contributed by atoms with Crippen molar-refractivity contribution in [1.82, 2.24) is 19.6 Å². The molecule has 1 N–H and O–H groups in total. The second-order valence-corrected chi connectivity index (χ2v) is 8.78. The Kier molecular flexibility index (Phi) is 6.15. The Morgan fingerprint density at radius 1 is 1.00 bits per heavy atom. The molecular formula is C26H21N5O3S. The predicted molar refractivity (Wildman–Crippen MR) is 136 cm³/mol. The van der Waals surface area contributed by atoms with Gasteiger partial charge in [0.1, 0.15) is 5.82 Å². The van der Waals surface area contributed by atoms with Crippen LogP contribution >= 0.6 is 11.8 Å². The summed E-state index contributed by atoms with van der Waals surface area (Å²) in [5, 5.41) is 13.0. The van der Waals surface area contributed by atoms with E-state index in [-0.39, 0.29) is 11.7 Å². The molecule has 0 saturated carbocycles. The molecule has 0 bridgehead atoms. The van der Waals surface area contributed by atoms with Gasteiger partial charge in [0.25, 0.3) is 0 Å². The van der Waals surface area contributed by atoms with Crippen LogP contribution in [0.2, 0.25) is 0 Å². The van der Waals surface area contributed by atoms with Crippen molar-refractivity contribution in [3.05, 3.63) is 83.9 Å². The number of amides is 1. The van der Waals surface area contributed by atoms with Crippen LogP contribution < -0.4 is 5.32 Å². The first-order valence-electron chi connectivity index (χ1n) is 10.9. The molecular weight excluding hydrogens is 462 g/mol. The van der Waals surface area contributed by atoms with Gasteiger partial charge in [0.05, 0.1) is 29.6 Å². The minimum absolute atomic E-state index is 0.0659. The van der Waals surface area contributed by atoms with E-state index in [0.717, 1.165) is 22.0 Å². The Balaban J connectivity index is 1.48. The first-order valence-corrected chi connectivity index (χ1v) is 11.8. The average molecular weight is 484 g/mol. The highest BCUT2D eigenvalue weighted by atomic mass is 32.2. The summed E-state index contributed by atoms with van der Waals surface area (Å²) in [5.74, 6) is -0.0332. The van der Waals surface area contributed by atoms with Crippen LogP contribution in [0.1, 0.15) is 15.9 Å². The van der Waals surface area contributed by atoms with Gasteiger partial charge in [0, 0.05) is 10.9 Å². The second-order valence-electron chi connectivity index (χ2n) is 7.84. The molecule has 5 aromatic rings. The maximum Gasteiger partial charge on any atom is 0.339 e. The molecule has 0 saturated heterocycles. The van der Waals surface area contributed by atoms with Crippen LogP contribution in [0.15, 0.2) is 78.0 Å². The number of methoxy groups -OCH3 is 1. The van der Waals surface area contributed by atoms with Crippen LogP contribution in [-0.4, -0.2) is 44.3 Å². The Morgan fingerprint density at radius 2 is 1.80 bits per heavy atom. The number of carbonyl (C=O) groups excluding carboxylic acids is 2. The highest BCUT2D eigenvalue weighted by molar-refractivity contribution is 7.99. The van der Waals surface area contributed by atoms with Gasteiger partial charge in [0.15, 0.2) is 10.8 Å². The number of esters is 1. The third-order valence-electron chi connectivity index (χ3n) is 5.43. The molecule has 0 aliphatic carbocycles. The lowest BCUT2D eigenvalue weighted by Crippen LogP contribution is -2.17. The zero-order valence-corrected chi connectivity index (χ0v) is 19.9. The van der Waals surface area contributed by atoms with Gasteiger partial charge in [-0.2, -0.15) is 0 Å². The van der Waals surface area contributed by atoms with Gasteiger partial charge in [-0.3, -0.25) is 9.20 Å². The fraction of sp³-hybridized carbons (Fsp3) is 0.115. The zero-order chi connectivity index (χ0) is 24.4. The van der Waals surface area contributed by atoms with Gasteiger partial charge >= 0.3 is 5.97 Å². The van der Waals surface area contributed by atoms with Gasteiger partial charge in [-0.05, 0) is 37.3 Å². The van der Waals surface area contributed by atoms with Crippen molar-refractivity contribution in [3.63, 3.8) is 0 Å². The molecule has 2 aromatic heterocycles. The third-order valence-corrected chi connectivity index (χ3v) is 6.36. The summed E-state index contributed by atoms with van der Waals surface area (Å²) in [5.41, 5.74) is 4.21. The molecule has 0 radical (unpaired) electrons. The molecule has 2 heterocycles. The molecule has 35 heavy (non-hydrogen) atoms. The van der Waals surface area contributed by atoms with Crippen LogP contribution in [0.5, 0.6) is 0 Å². The molecule has 174 valence electrons. The van der Waals surface area contributed by atoms with Crippen molar-refractivity contribution in [3.8, 4) is 11.4 Å². The second kappa shape index (κ2) is 9.55. The number of anilines is 1. The highest BCUT2D eigenvalue weighted by Crippen LogP contribution is 2.29. The highest BCUT2D eigenvalue weighted by Gasteiger charge is 2.19. The Bertz CT molecular complexity index is 1580. The number of fused-ring (bicyclic) bond motifs is 3. The maximum absolute atomic E-state index is 12.8. The van der Waals surface area contributed by atoms with Crippen LogP contribution in [0.4, 0.5) is 5.69 Å². The SMILES string of the molecule is COC(=O)c1ccccc1NC(=O)CSc1nnc2c3ccccc3nc(-c3cccc(C)c3)n12. The van der Waals surface area contributed by atoms with Crippen LogP contribution in [0, 0.1) is 6.92 Å². The van der Waals surface area contributed by atoms with Gasteiger partial charge in [-0.15, -0.1) is 10.2 Å². The van der Waals surface area contributed by atoms with Gasteiger partial charge in [0.2, 0.25) is 5.91 Å². The molecule has 5 rings (SSSR count). The lowest BCUT2D eigenvalue weighted by atomic mass is 10.1. The average Bonchev–Trinajstić information content (AvgIpc) is 3.31. The van der Waals surface area contributed by atoms with E-state index in [1.807, 2.05) is 53.8 Å². The molecule has 0 aliphatic rings. The summed E-state index contributed by atoms with van der Waals surface area (Å²) in [6.07, 6.45) is 0. The van der Waals surface area contributed by atoms with Crippen molar-refractivity contribution < 1.29 is 14.3 Å². The molecule has 3 aromatic carbocycles. The van der Waals surface area contributed by atoms with Crippen LogP contribution in [0.25, 0.3) is 27.9 Å². The number of carbonyl (C=O) groups is 2. The predicted octanol–water partition coefficient (Wildman–Crippen LogP) is 4.77. The van der Waals surface area contributed by atoms with E-state index in [1.165, 1.54) is 18.9 Å². The van der Waals surface area contributed by atoms with Gasteiger partial charge in [-0.1, -0.05) is 59.8 Å². The summed E-state index contributed by atoms with van der Waals surface area (Å²) in [7, 11) is 1.30. The number of hydrogen-bond donors (Lipinski definition) is 1. The summed E-state index contributed by atoms with van der Waals surface area (Å²) in [4.78, 5) is 29.7. The van der Waals surface area contributed by atoms with E-state index < -0.39 is 5.97 Å². The van der Waals surface area contributed by atoms with E-state index in [9.17, 15) is 9.59 Å². The molecule has 8 nitrogen and oxygen atoms in total. The number of benzene rings is 3. The number of ether oxygens (including phenoxy) is 1. The number of hydrogen-bond acceptors (Lipinski definition) is 7. The summed E-state index contributed by atoms with van der Waals surface area (Å²) >= 11 is 1.25. The monoisotopic (exact) mass is 483 g/mol. The number of nitrogens with one attached hydrogen (secondary N) is 1. The first kappa shape index (κ1) is 22.5. The first-order chi connectivity index (χ1) is 17.0. The smallest absolute Gasteiger partial charge is 0.339 e. The molecule has 0 spiro atoms. The van der Waals surface area contributed by atoms with Crippen molar-refractivity contribution in [1.29, 1.82) is 0 Å². The largest absolute Gasteiger partial charge is 0.465 e. The number of aryl methyl sites for hydroxylation is 1. The topological polar surface area (TPSA) is 98.5 Å². The van der Waals surface area contributed by atoms with Crippen molar-refractivity contribution >= 4 is 45.9 Å². The summed E-state index contributed by atoms with van der Waals surface area (Å²) in [6.45, 7) is 2.03. The molecule has 9 heteroatoms. The van der Waals surface area contributed by atoms with Crippen molar-refractivity contribution in [2.75, 3.05) is 18.2 Å². The quantitative estimate of drug-likeness (QED) is 0.274. The van der Waals surface area contributed by atoms with Crippen LogP contribution in [-0.2, 0) is 9.53 Å². The number of aromatic nitrogens is 4. The molecule has 0 aliphatic heterocycles. The van der Waals surface area contributed by atoms with E-state index in [4.69, 9.17) is 9.72 Å². The molecule has 1 amide bonds. The molecule has 0 atom stereocenters. The Hall–Kier alpha value is -4.24. The van der Waals surface area contributed by atoms with E-state index in [1.54, 1.807) is 24.3 Å². The number of thioether (sulfide) groups is 1. The molecule has 0 unspecified atom stereocenters. The van der Waals surface area contributed by atoms with Gasteiger partial charge in [-0.25, -0.2) is 9.78 Å². The van der Waals surface area contributed by atoms with Crippen molar-refractivity contribution in [2.45, 2.75) is 12.1 Å². The third kappa shape index (κ3) is 4.45. The lowest BCUT2D eigenvalue weighted by Gasteiger charge is -2.11. The Morgan fingerprint density at radius 3 is 2.63 bits per heavy atom. The van der Waals surface area contributed by atoms with Crippen LogP contribution in [0.3, 0.4) is 0 Å².